The van der Waals surface area contributed by atoms with Crippen LogP contribution in [0, 0.1) is 5.92 Å². The molecule has 1 aliphatic heterocycles. The van der Waals surface area contributed by atoms with Gasteiger partial charge in [-0.15, -0.1) is 0 Å². The lowest BCUT2D eigenvalue weighted by Crippen LogP contribution is -2.44. The lowest BCUT2D eigenvalue weighted by Gasteiger charge is -2.34. The predicted octanol–water partition coefficient (Wildman–Crippen LogP) is 4.05. The highest BCUT2D eigenvalue weighted by Gasteiger charge is 2.42. The number of nitrogens with zero attached hydrogens (tertiary/aromatic N) is 4. The van der Waals surface area contributed by atoms with E-state index in [1.165, 1.54) is 4.90 Å². The predicted molar refractivity (Wildman–Crippen MR) is 98.6 cm³/mol. The Kier molecular flexibility index (Phi) is 4.56. The highest BCUT2D eigenvalue weighted by Crippen LogP contribution is 2.34. The maximum Gasteiger partial charge on any atom is 0.393 e. The van der Waals surface area contributed by atoms with Gasteiger partial charge in [0.25, 0.3) is 5.91 Å². The van der Waals surface area contributed by atoms with Crippen molar-refractivity contribution in [1.29, 1.82) is 0 Å². The molecule has 0 saturated carbocycles. The van der Waals surface area contributed by atoms with Crippen LogP contribution in [0.25, 0.3) is 22.2 Å². The summed E-state index contributed by atoms with van der Waals surface area (Å²) in [6, 6.07) is 8.82. The zero-order valence-electron chi connectivity index (χ0n) is 15.3. The quantitative estimate of drug-likeness (QED) is 0.666. The smallest absolute Gasteiger partial charge is 0.338 e. The minimum atomic E-state index is -4.29. The van der Waals surface area contributed by atoms with Gasteiger partial charge in [-0.2, -0.15) is 18.3 Å². The van der Waals surface area contributed by atoms with Crippen molar-refractivity contribution in [2.45, 2.75) is 19.0 Å². The maximum absolute atomic E-state index is 13.2. The molecule has 1 aliphatic rings. The molecule has 0 spiro atoms. The number of benzene rings is 1. The fourth-order valence-corrected chi connectivity index (χ4v) is 3.65. The first kappa shape index (κ1) is 18.5. The number of fused-ring (bicyclic) bond motifs is 1. The zero-order chi connectivity index (χ0) is 19.9. The fraction of sp³-hybridized carbons (Fsp3) is 0.350. The third-order valence-corrected chi connectivity index (χ3v) is 5.12. The largest absolute Gasteiger partial charge is 0.393 e. The first-order valence-electron chi connectivity index (χ1n) is 9.08. The van der Waals surface area contributed by atoms with E-state index < -0.39 is 18.0 Å². The molecule has 2 aromatic heterocycles. The maximum atomic E-state index is 13.2. The van der Waals surface area contributed by atoms with Crippen LogP contribution in [0.2, 0.25) is 0 Å². The molecule has 5 nitrogen and oxygen atoms in total. The van der Waals surface area contributed by atoms with Crippen molar-refractivity contribution >= 4 is 16.8 Å². The van der Waals surface area contributed by atoms with Crippen LogP contribution in [0.5, 0.6) is 0 Å². The summed E-state index contributed by atoms with van der Waals surface area (Å²) in [5.41, 5.74) is 2.30. The fourth-order valence-electron chi connectivity index (χ4n) is 3.65. The number of carbonyl (C=O) groups excluding carboxylic acids is 1. The number of alkyl halides is 3. The molecule has 1 amide bonds. The van der Waals surface area contributed by atoms with E-state index >= 15 is 0 Å². The molecule has 1 atom stereocenters. The van der Waals surface area contributed by atoms with Crippen LogP contribution >= 0.6 is 0 Å². The Hall–Kier alpha value is -2.90. The second-order valence-corrected chi connectivity index (χ2v) is 7.11. The summed E-state index contributed by atoms with van der Waals surface area (Å²) in [6.07, 6.45) is -0.461. The van der Waals surface area contributed by atoms with E-state index in [1.807, 2.05) is 6.07 Å². The van der Waals surface area contributed by atoms with Gasteiger partial charge in [0, 0.05) is 37.3 Å². The number of amides is 1. The Morgan fingerprint density at radius 3 is 2.75 bits per heavy atom. The van der Waals surface area contributed by atoms with E-state index in [4.69, 9.17) is 0 Å². The summed E-state index contributed by atoms with van der Waals surface area (Å²) >= 11 is 0. The summed E-state index contributed by atoms with van der Waals surface area (Å²) in [7, 11) is 1.78. The molecule has 1 saturated heterocycles. The lowest BCUT2D eigenvalue weighted by molar-refractivity contribution is -0.184. The normalized spacial score (nSPS) is 17.9. The van der Waals surface area contributed by atoms with Gasteiger partial charge >= 0.3 is 6.18 Å². The van der Waals surface area contributed by atoms with Crippen LogP contribution < -0.4 is 0 Å². The van der Waals surface area contributed by atoms with Gasteiger partial charge in [-0.1, -0.05) is 18.2 Å². The van der Waals surface area contributed by atoms with Crippen molar-refractivity contribution < 1.29 is 18.0 Å². The second kappa shape index (κ2) is 6.92. The van der Waals surface area contributed by atoms with Crippen LogP contribution in [0.15, 0.2) is 42.7 Å². The number of carbonyl (C=O) groups is 1. The summed E-state index contributed by atoms with van der Waals surface area (Å²) in [4.78, 5) is 19.1. The molecule has 3 aromatic rings. The summed E-state index contributed by atoms with van der Waals surface area (Å²) < 4.78 is 41.1. The Bertz CT molecular complexity index is 1030. The topological polar surface area (TPSA) is 51.0 Å². The van der Waals surface area contributed by atoms with Gasteiger partial charge in [0.15, 0.2) is 0 Å². The van der Waals surface area contributed by atoms with Crippen LogP contribution in [-0.4, -0.2) is 44.8 Å². The number of rotatable bonds is 2. The standard InChI is InChI=1S/C20H19F3N4O/c1-26-11-13(10-24-26)18-9-16(15-6-2-3-7-17(15)25-18)19(28)27-8-4-5-14(12-27)20(21,22)23/h2-3,6-7,9-11,14H,4-5,8,12H2,1H3. The van der Waals surface area contributed by atoms with Crippen molar-refractivity contribution in [3.8, 4) is 11.3 Å². The number of aryl methyl sites for hydroxylation is 1. The van der Waals surface area contributed by atoms with Crippen LogP contribution in [0.1, 0.15) is 23.2 Å². The monoisotopic (exact) mass is 388 g/mol. The number of para-hydroxylation sites is 1. The Morgan fingerprint density at radius 1 is 1.25 bits per heavy atom. The third kappa shape index (κ3) is 3.46. The van der Waals surface area contributed by atoms with Gasteiger partial charge in [0.2, 0.25) is 0 Å². The molecule has 8 heteroatoms. The van der Waals surface area contributed by atoms with Gasteiger partial charge in [-0.3, -0.25) is 9.48 Å². The molecule has 146 valence electrons. The minimum absolute atomic E-state index is 0.0608. The molecule has 1 fully saturated rings. The third-order valence-electron chi connectivity index (χ3n) is 5.12. The van der Waals surface area contributed by atoms with Crippen molar-refractivity contribution in [2.24, 2.45) is 13.0 Å². The second-order valence-electron chi connectivity index (χ2n) is 7.11. The van der Waals surface area contributed by atoms with Gasteiger partial charge in [-0.25, -0.2) is 4.98 Å². The van der Waals surface area contributed by atoms with E-state index in [1.54, 1.807) is 48.4 Å². The van der Waals surface area contributed by atoms with Crippen LogP contribution in [0.4, 0.5) is 13.2 Å². The van der Waals surface area contributed by atoms with Crippen molar-refractivity contribution in [2.75, 3.05) is 13.1 Å². The first-order chi connectivity index (χ1) is 13.3. The number of aromatic nitrogens is 3. The number of likely N-dealkylation sites (tertiary alicyclic amines) is 1. The number of hydrogen-bond acceptors (Lipinski definition) is 3. The van der Waals surface area contributed by atoms with E-state index in [-0.39, 0.29) is 13.0 Å². The Balaban J connectivity index is 1.75. The first-order valence-corrected chi connectivity index (χ1v) is 9.08. The average Bonchev–Trinajstić information content (AvgIpc) is 3.12. The molecule has 0 radical (unpaired) electrons. The zero-order valence-corrected chi connectivity index (χ0v) is 15.3. The highest BCUT2D eigenvalue weighted by molar-refractivity contribution is 6.07. The molecule has 3 heterocycles. The van der Waals surface area contributed by atoms with Gasteiger partial charge in [-0.05, 0) is 25.0 Å². The van der Waals surface area contributed by atoms with Gasteiger partial charge in [0.05, 0.1) is 28.9 Å². The van der Waals surface area contributed by atoms with E-state index in [9.17, 15) is 18.0 Å². The Morgan fingerprint density at radius 2 is 2.04 bits per heavy atom. The average molecular weight is 388 g/mol. The van der Waals surface area contributed by atoms with E-state index in [0.717, 1.165) is 5.56 Å². The molecule has 1 aromatic carbocycles. The van der Waals surface area contributed by atoms with Crippen molar-refractivity contribution in [3.05, 3.63) is 48.3 Å². The van der Waals surface area contributed by atoms with Gasteiger partial charge < -0.3 is 4.90 Å². The van der Waals surface area contributed by atoms with Crippen molar-refractivity contribution in [3.63, 3.8) is 0 Å². The number of hydrogen-bond donors (Lipinski definition) is 0. The molecule has 0 aliphatic carbocycles. The minimum Gasteiger partial charge on any atom is -0.338 e. The molecular formula is C20H19F3N4O. The van der Waals surface area contributed by atoms with Crippen LogP contribution in [-0.2, 0) is 7.05 Å². The summed E-state index contributed by atoms with van der Waals surface area (Å²) in [6.45, 7) is 0.0193. The molecule has 0 bridgehead atoms. The van der Waals surface area contributed by atoms with Crippen LogP contribution in [0.3, 0.4) is 0 Å². The lowest BCUT2D eigenvalue weighted by atomic mass is 9.96. The summed E-state index contributed by atoms with van der Waals surface area (Å²) in [5.74, 6) is -1.87. The molecular weight excluding hydrogens is 369 g/mol. The van der Waals surface area contributed by atoms with E-state index in [0.29, 0.717) is 35.1 Å². The number of halogens is 3. The molecule has 4 rings (SSSR count). The molecule has 1 unspecified atom stereocenters. The molecule has 0 N–H and O–H groups in total. The Labute approximate surface area is 159 Å². The SMILES string of the molecule is Cn1cc(-c2cc(C(=O)N3CCCC(C(F)(F)F)C3)c3ccccc3n2)cn1. The number of piperidine rings is 1. The molecule has 28 heavy (non-hydrogen) atoms. The summed E-state index contributed by atoms with van der Waals surface area (Å²) in [5, 5.41) is 4.76. The van der Waals surface area contributed by atoms with E-state index in [2.05, 4.69) is 10.1 Å². The van der Waals surface area contributed by atoms with Crippen molar-refractivity contribution in [1.82, 2.24) is 19.7 Å². The van der Waals surface area contributed by atoms with Gasteiger partial charge in [0.1, 0.15) is 0 Å². The highest BCUT2D eigenvalue weighted by atomic mass is 19.4. The number of pyridine rings is 1.